The van der Waals surface area contributed by atoms with Gasteiger partial charge in [0.1, 0.15) is 0 Å². The van der Waals surface area contributed by atoms with Crippen LogP contribution in [0.15, 0.2) is 180 Å². The Bertz CT molecular complexity index is 3110. The number of para-hydroxylation sites is 2. The van der Waals surface area contributed by atoms with Gasteiger partial charge in [-0.1, -0.05) is 123 Å². The third-order valence-electron chi connectivity index (χ3n) is 13.7. The first-order valence-corrected chi connectivity index (χ1v) is 26.7. The van der Waals surface area contributed by atoms with E-state index in [0.717, 1.165) is 84.4 Å². The number of rotatable bonds is 12. The van der Waals surface area contributed by atoms with Gasteiger partial charge in [0.15, 0.2) is 0 Å². The summed E-state index contributed by atoms with van der Waals surface area (Å²) in [7, 11) is -7.76. The summed E-state index contributed by atoms with van der Waals surface area (Å²) in [6.45, 7) is 0.829. The van der Waals surface area contributed by atoms with Gasteiger partial charge in [0.25, 0.3) is 31.9 Å². The Morgan fingerprint density at radius 1 is 0.457 bits per heavy atom. The predicted molar refractivity (Wildman–Crippen MR) is 273 cm³/mol. The van der Waals surface area contributed by atoms with E-state index in [1.807, 2.05) is 97.1 Å². The molecule has 0 spiro atoms. The highest BCUT2D eigenvalue weighted by molar-refractivity contribution is 7.90. The van der Waals surface area contributed by atoms with Crippen molar-refractivity contribution in [2.45, 2.75) is 73.4 Å². The summed E-state index contributed by atoms with van der Waals surface area (Å²) in [5.74, 6) is -0.421. The molecule has 12 nitrogen and oxygen atoms in total. The molecule has 6 aromatic carbocycles. The molecule has 2 saturated carbocycles. The van der Waals surface area contributed by atoms with Crippen LogP contribution in [-0.4, -0.2) is 72.1 Å². The molecular formula is C56H56N4O8S2. The first-order valence-electron chi connectivity index (χ1n) is 23.8. The summed E-state index contributed by atoms with van der Waals surface area (Å²) in [6.07, 6.45) is 10.0. The summed E-state index contributed by atoms with van der Waals surface area (Å²) < 4.78 is 56.9. The molecule has 8 aromatic rings. The normalized spacial score (nSPS) is 18.4. The molecule has 70 heavy (non-hydrogen) atoms. The van der Waals surface area contributed by atoms with Gasteiger partial charge in [0.05, 0.1) is 33.0 Å². The molecule has 0 unspecified atom stereocenters. The Hall–Kier alpha value is -6.84. The van der Waals surface area contributed by atoms with Crippen molar-refractivity contribution in [3.8, 4) is 22.3 Å². The lowest BCUT2D eigenvalue weighted by atomic mass is 9.86. The first-order chi connectivity index (χ1) is 33.9. The number of amides is 2. The maximum Gasteiger partial charge on any atom is 0.268 e. The smallest absolute Gasteiger partial charge is 0.268 e. The van der Waals surface area contributed by atoms with Crippen molar-refractivity contribution in [2.24, 2.45) is 11.8 Å². The van der Waals surface area contributed by atoms with Crippen LogP contribution in [0.2, 0.25) is 0 Å². The van der Waals surface area contributed by atoms with Gasteiger partial charge in [-0.25, -0.2) is 24.8 Å². The largest absolute Gasteiger partial charge is 0.393 e. The number of fused-ring (bicyclic) bond motifs is 2. The minimum Gasteiger partial charge on any atom is -0.393 e. The monoisotopic (exact) mass is 976 g/mol. The number of aromatic nitrogens is 2. The lowest BCUT2D eigenvalue weighted by molar-refractivity contribution is 0.0656. The molecule has 4 N–H and O–H groups in total. The molecule has 2 aliphatic rings. The van der Waals surface area contributed by atoms with E-state index in [1.54, 1.807) is 24.5 Å². The average Bonchev–Trinajstić information content (AvgIpc) is 4.00. The second kappa shape index (κ2) is 21.0. The van der Waals surface area contributed by atoms with E-state index in [0.29, 0.717) is 35.2 Å². The molecule has 2 amide bonds. The fraction of sp³-hybridized carbons (Fsp3) is 0.250. The standard InChI is InChI=1S/2C28H28N2O4S/c2*31-27-13-7-4-10-22(27)18-29-28(32)21-14-16-23(17-15-21)35(33,34)30-19-25(20-8-2-1-3-9-20)24-11-5-6-12-26(24)30/h2*1-3,5-6,8-9,11-12,14-17,19,22,27,31H,4,7,10,13,18H2,(H,29,32)/t2*22-,27+/m10/s1. The van der Waals surface area contributed by atoms with Gasteiger partial charge in [0.2, 0.25) is 0 Å². The van der Waals surface area contributed by atoms with Gasteiger partial charge in [-0.15, -0.1) is 0 Å². The minimum atomic E-state index is -3.88. The highest BCUT2D eigenvalue weighted by Gasteiger charge is 2.27. The van der Waals surface area contributed by atoms with Crippen LogP contribution in [0, 0.1) is 11.8 Å². The molecule has 2 heterocycles. The Labute approximate surface area is 408 Å². The molecule has 0 saturated heterocycles. The van der Waals surface area contributed by atoms with Crippen molar-refractivity contribution in [2.75, 3.05) is 13.1 Å². The minimum absolute atomic E-state index is 0.0631. The van der Waals surface area contributed by atoms with Crippen molar-refractivity contribution in [1.29, 1.82) is 0 Å². The number of carbonyl (C=O) groups is 2. The summed E-state index contributed by atoms with van der Waals surface area (Å²) in [6, 6.07) is 46.2. The fourth-order valence-corrected chi connectivity index (χ4v) is 12.4. The number of hydrogen-bond donors (Lipinski definition) is 4. The van der Waals surface area contributed by atoms with Crippen LogP contribution in [0.4, 0.5) is 0 Å². The van der Waals surface area contributed by atoms with Crippen LogP contribution in [0.3, 0.4) is 0 Å². The molecule has 360 valence electrons. The van der Waals surface area contributed by atoms with E-state index < -0.39 is 20.0 Å². The Kier molecular flexibility index (Phi) is 14.5. The summed E-state index contributed by atoms with van der Waals surface area (Å²) in [5.41, 5.74) is 5.52. The van der Waals surface area contributed by atoms with Crippen molar-refractivity contribution in [1.82, 2.24) is 18.6 Å². The molecule has 10 rings (SSSR count). The zero-order valence-electron chi connectivity index (χ0n) is 38.6. The number of aliphatic hydroxyl groups excluding tert-OH is 2. The van der Waals surface area contributed by atoms with Crippen LogP contribution < -0.4 is 10.6 Å². The van der Waals surface area contributed by atoms with Crippen LogP contribution in [0.1, 0.15) is 72.1 Å². The van der Waals surface area contributed by atoms with E-state index in [2.05, 4.69) is 10.6 Å². The number of nitrogens with zero attached hydrogens (tertiary/aromatic N) is 2. The van der Waals surface area contributed by atoms with E-state index in [4.69, 9.17) is 0 Å². The second-order valence-corrected chi connectivity index (χ2v) is 21.8. The third kappa shape index (κ3) is 10.2. The summed E-state index contributed by atoms with van der Waals surface area (Å²) in [5, 5.41) is 27.7. The molecule has 2 fully saturated rings. The van der Waals surface area contributed by atoms with Gasteiger partial charge < -0.3 is 20.8 Å². The SMILES string of the molecule is O=C(NC[C@@H]1CCCC[C@H]1O)c1ccc(S(=O)(=O)n2cc(-c3ccccc3)c3ccccc32)cc1.O=C(NC[C@H]1CCCC[C@@H]1O)c1ccc(S(=O)(=O)n2cc(-c3ccccc3)c3ccccc32)cc1. The number of hydrogen-bond acceptors (Lipinski definition) is 8. The Balaban J connectivity index is 0.000000174. The first kappa shape index (κ1) is 48.2. The maximum atomic E-state index is 13.6. The molecule has 4 atom stereocenters. The number of aliphatic hydroxyl groups is 2. The Morgan fingerprint density at radius 2 is 0.800 bits per heavy atom. The van der Waals surface area contributed by atoms with Gasteiger partial charge in [-0.2, -0.15) is 0 Å². The maximum absolute atomic E-state index is 13.6. The van der Waals surface area contributed by atoms with Crippen molar-refractivity contribution in [3.63, 3.8) is 0 Å². The number of carbonyl (C=O) groups excluding carboxylic acids is 2. The quantitative estimate of drug-likeness (QED) is 0.0936. The van der Waals surface area contributed by atoms with Crippen LogP contribution in [0.5, 0.6) is 0 Å². The van der Waals surface area contributed by atoms with Crippen molar-refractivity contribution >= 4 is 53.7 Å². The Morgan fingerprint density at radius 3 is 1.17 bits per heavy atom. The van der Waals surface area contributed by atoms with Crippen molar-refractivity contribution < 1.29 is 36.6 Å². The lowest BCUT2D eigenvalue weighted by Crippen LogP contribution is -2.36. The van der Waals surface area contributed by atoms with Gasteiger partial charge in [0, 0.05) is 70.3 Å². The predicted octanol–water partition coefficient (Wildman–Crippen LogP) is 9.65. The molecule has 2 aliphatic carbocycles. The lowest BCUT2D eigenvalue weighted by Gasteiger charge is -2.27. The molecular weight excluding hydrogens is 921 g/mol. The molecule has 0 bridgehead atoms. The summed E-state index contributed by atoms with van der Waals surface area (Å²) >= 11 is 0. The topological polar surface area (TPSA) is 177 Å². The molecule has 0 aliphatic heterocycles. The third-order valence-corrected chi connectivity index (χ3v) is 17.0. The highest BCUT2D eigenvalue weighted by atomic mass is 32.2. The van der Waals surface area contributed by atoms with Crippen molar-refractivity contribution in [3.05, 3.63) is 181 Å². The molecule has 14 heteroatoms. The fourth-order valence-electron chi connectivity index (χ4n) is 9.68. The average molecular weight is 977 g/mol. The van der Waals surface area contributed by atoms with Crippen LogP contribution >= 0.6 is 0 Å². The van der Waals surface area contributed by atoms with Gasteiger partial charge in [-0.05, 0) is 97.5 Å². The summed E-state index contributed by atoms with van der Waals surface area (Å²) in [4.78, 5) is 25.4. The van der Waals surface area contributed by atoms with E-state index in [9.17, 15) is 36.6 Å². The van der Waals surface area contributed by atoms with E-state index >= 15 is 0 Å². The van der Waals surface area contributed by atoms with Gasteiger partial charge in [-0.3, -0.25) is 9.59 Å². The zero-order chi connectivity index (χ0) is 48.8. The van der Waals surface area contributed by atoms with Crippen LogP contribution in [-0.2, 0) is 20.0 Å². The second-order valence-electron chi connectivity index (χ2n) is 18.1. The highest BCUT2D eigenvalue weighted by Crippen LogP contribution is 2.35. The number of nitrogens with one attached hydrogen (secondary N) is 2. The van der Waals surface area contributed by atoms with E-state index in [1.165, 1.54) is 56.5 Å². The molecule has 2 aromatic heterocycles. The number of benzene rings is 6. The van der Waals surface area contributed by atoms with Crippen LogP contribution in [0.25, 0.3) is 44.1 Å². The zero-order valence-corrected chi connectivity index (χ0v) is 40.2. The molecule has 0 radical (unpaired) electrons. The van der Waals surface area contributed by atoms with E-state index in [-0.39, 0.29) is 45.6 Å². The van der Waals surface area contributed by atoms with Gasteiger partial charge >= 0.3 is 0 Å².